The average molecular weight is 433 g/mol. The van der Waals surface area contributed by atoms with E-state index in [2.05, 4.69) is 20.3 Å². The highest BCUT2D eigenvalue weighted by Gasteiger charge is 2.23. The van der Waals surface area contributed by atoms with Gasteiger partial charge in [0.15, 0.2) is 5.82 Å². The Balaban J connectivity index is 1.57. The molecule has 0 unspecified atom stereocenters. The van der Waals surface area contributed by atoms with Crippen LogP contribution in [0.3, 0.4) is 0 Å². The second-order valence-corrected chi connectivity index (χ2v) is 7.87. The molecule has 0 spiro atoms. The average Bonchev–Trinajstić information content (AvgIpc) is 3.06. The molecule has 1 fully saturated rings. The molecule has 1 aliphatic rings. The molecule has 1 N–H and O–H groups in total. The monoisotopic (exact) mass is 432 g/mol. The number of nitrogens with one attached hydrogen (secondary N) is 1. The van der Waals surface area contributed by atoms with Crippen LogP contribution in [-0.4, -0.2) is 38.2 Å². The zero-order chi connectivity index (χ0) is 21.3. The molecule has 1 amide bonds. The van der Waals surface area contributed by atoms with Crippen LogP contribution in [0.2, 0.25) is 5.02 Å². The number of anilines is 2. The molecule has 10 heteroatoms. The van der Waals surface area contributed by atoms with Gasteiger partial charge in [-0.3, -0.25) is 4.79 Å². The molecule has 0 atom stereocenters. The van der Waals surface area contributed by atoms with E-state index in [-0.39, 0.29) is 11.6 Å². The third-order valence-electron chi connectivity index (χ3n) is 5.44. The Morgan fingerprint density at radius 1 is 1.33 bits per heavy atom. The number of halogens is 2. The van der Waals surface area contributed by atoms with Crippen LogP contribution in [0.25, 0.3) is 5.65 Å². The first kappa shape index (κ1) is 20.3. The third-order valence-corrected chi connectivity index (χ3v) is 5.73. The summed E-state index contributed by atoms with van der Waals surface area (Å²) in [5.41, 5.74) is 0.314. The Hall–Kier alpha value is -2.94. The number of carbonyl (C=O) groups is 1. The Kier molecular flexibility index (Phi) is 5.72. The summed E-state index contributed by atoms with van der Waals surface area (Å²) in [5, 5.41) is 6.85. The van der Waals surface area contributed by atoms with Crippen LogP contribution in [0.1, 0.15) is 32.1 Å². The summed E-state index contributed by atoms with van der Waals surface area (Å²) in [7, 11) is 1.97. The van der Waals surface area contributed by atoms with Crippen LogP contribution in [0.4, 0.5) is 15.9 Å². The van der Waals surface area contributed by atoms with Crippen LogP contribution in [0.15, 0.2) is 35.4 Å². The van der Waals surface area contributed by atoms with Crippen molar-refractivity contribution in [2.45, 2.75) is 44.7 Å². The van der Waals surface area contributed by atoms with Gasteiger partial charge in [-0.15, -0.1) is 5.10 Å². The van der Waals surface area contributed by atoms with Crippen LogP contribution in [-0.2, 0) is 11.3 Å². The van der Waals surface area contributed by atoms with Gasteiger partial charge in [-0.05, 0) is 31.0 Å². The van der Waals surface area contributed by atoms with Crippen LogP contribution in [0, 0.1) is 5.82 Å². The minimum atomic E-state index is -0.576. The van der Waals surface area contributed by atoms with Gasteiger partial charge in [-0.25, -0.2) is 23.3 Å². The molecule has 3 aromatic rings. The lowest BCUT2D eigenvalue weighted by atomic mass is 9.94. The fraction of sp³-hybridized carbons (Fsp3) is 0.400. The molecule has 0 bridgehead atoms. The van der Waals surface area contributed by atoms with E-state index in [1.54, 1.807) is 6.20 Å². The first-order chi connectivity index (χ1) is 14.4. The van der Waals surface area contributed by atoms with E-state index in [1.165, 1.54) is 42.0 Å². The van der Waals surface area contributed by atoms with E-state index >= 15 is 0 Å². The predicted octanol–water partition coefficient (Wildman–Crippen LogP) is 3.09. The van der Waals surface area contributed by atoms with Crippen molar-refractivity contribution in [2.24, 2.45) is 0 Å². The first-order valence-corrected chi connectivity index (χ1v) is 10.2. The fourth-order valence-corrected chi connectivity index (χ4v) is 4.02. The number of aromatic nitrogens is 4. The number of rotatable bonds is 5. The summed E-state index contributed by atoms with van der Waals surface area (Å²) in [4.78, 5) is 31.6. The van der Waals surface area contributed by atoms with Crippen molar-refractivity contribution in [3.8, 4) is 0 Å². The van der Waals surface area contributed by atoms with Gasteiger partial charge in [-0.1, -0.05) is 30.9 Å². The smallest absolute Gasteiger partial charge is 0.350 e. The lowest BCUT2D eigenvalue weighted by Crippen LogP contribution is -2.34. The van der Waals surface area contributed by atoms with Gasteiger partial charge in [0.05, 0.1) is 5.02 Å². The summed E-state index contributed by atoms with van der Waals surface area (Å²) in [6.45, 7) is -0.290. The van der Waals surface area contributed by atoms with E-state index in [4.69, 9.17) is 11.6 Å². The number of fused-ring (bicyclic) bond motifs is 1. The summed E-state index contributed by atoms with van der Waals surface area (Å²) in [6, 6.07) is 4.22. The molecule has 2 aromatic heterocycles. The quantitative estimate of drug-likeness (QED) is 0.669. The minimum absolute atomic E-state index is 0.0980. The minimum Gasteiger partial charge on any atom is -0.354 e. The molecule has 2 heterocycles. The molecular weight excluding hydrogens is 411 g/mol. The fourth-order valence-electron chi connectivity index (χ4n) is 3.84. The lowest BCUT2D eigenvalue weighted by molar-refractivity contribution is -0.117. The number of nitrogens with zero attached hydrogens (tertiary/aromatic N) is 5. The number of hydrogen-bond acceptors (Lipinski definition) is 5. The van der Waals surface area contributed by atoms with Gasteiger partial charge in [0.2, 0.25) is 11.6 Å². The SMILES string of the molecule is CN(c1nccn2c(=O)n(CC(=O)Nc3ccc(F)c(Cl)c3)nc12)C1CCCCC1. The van der Waals surface area contributed by atoms with Gasteiger partial charge in [0.1, 0.15) is 12.4 Å². The number of benzene rings is 1. The van der Waals surface area contributed by atoms with Gasteiger partial charge in [0.25, 0.3) is 0 Å². The molecule has 1 saturated carbocycles. The summed E-state index contributed by atoms with van der Waals surface area (Å²) >= 11 is 5.74. The van der Waals surface area contributed by atoms with Crippen LogP contribution < -0.4 is 15.9 Å². The highest BCUT2D eigenvalue weighted by atomic mass is 35.5. The Morgan fingerprint density at radius 3 is 2.83 bits per heavy atom. The maximum absolute atomic E-state index is 13.3. The molecule has 1 aromatic carbocycles. The van der Waals surface area contributed by atoms with Crippen LogP contribution in [0.5, 0.6) is 0 Å². The molecule has 0 aliphatic heterocycles. The van der Waals surface area contributed by atoms with Crippen molar-refractivity contribution in [3.63, 3.8) is 0 Å². The highest BCUT2D eigenvalue weighted by molar-refractivity contribution is 6.31. The van der Waals surface area contributed by atoms with Crippen molar-refractivity contribution in [2.75, 3.05) is 17.3 Å². The largest absolute Gasteiger partial charge is 0.354 e. The number of hydrogen-bond donors (Lipinski definition) is 1. The molecule has 158 valence electrons. The van der Waals surface area contributed by atoms with E-state index in [9.17, 15) is 14.0 Å². The van der Waals surface area contributed by atoms with Gasteiger partial charge < -0.3 is 10.2 Å². The molecule has 8 nitrogen and oxygen atoms in total. The van der Waals surface area contributed by atoms with Crippen molar-refractivity contribution >= 4 is 34.7 Å². The molecule has 30 heavy (non-hydrogen) atoms. The maximum Gasteiger partial charge on any atom is 0.350 e. The van der Waals surface area contributed by atoms with Gasteiger partial charge in [0, 0.05) is 31.2 Å². The second-order valence-electron chi connectivity index (χ2n) is 7.46. The number of amides is 1. The van der Waals surface area contributed by atoms with E-state index in [0.29, 0.717) is 23.2 Å². The lowest BCUT2D eigenvalue weighted by Gasteiger charge is -2.31. The summed E-state index contributed by atoms with van der Waals surface area (Å²) < 4.78 is 15.8. The zero-order valence-electron chi connectivity index (χ0n) is 16.5. The van der Waals surface area contributed by atoms with E-state index in [1.807, 2.05) is 7.05 Å². The van der Waals surface area contributed by atoms with Crippen molar-refractivity contribution in [1.29, 1.82) is 0 Å². The summed E-state index contributed by atoms with van der Waals surface area (Å²) in [5.74, 6) is -0.433. The van der Waals surface area contributed by atoms with Gasteiger partial charge in [-0.2, -0.15) is 0 Å². The zero-order valence-corrected chi connectivity index (χ0v) is 17.3. The van der Waals surface area contributed by atoms with Gasteiger partial charge >= 0.3 is 5.69 Å². The molecule has 4 rings (SSSR count). The molecule has 1 aliphatic carbocycles. The summed E-state index contributed by atoms with van der Waals surface area (Å²) in [6.07, 6.45) is 8.84. The predicted molar refractivity (Wildman–Crippen MR) is 113 cm³/mol. The molecular formula is C20H22ClFN6O2. The highest BCUT2D eigenvalue weighted by Crippen LogP contribution is 2.26. The molecule has 0 saturated heterocycles. The normalized spacial score (nSPS) is 14.8. The van der Waals surface area contributed by atoms with Crippen molar-refractivity contribution in [1.82, 2.24) is 19.2 Å². The Bertz CT molecular complexity index is 1140. The topological polar surface area (TPSA) is 84.5 Å². The maximum atomic E-state index is 13.3. The van der Waals surface area contributed by atoms with Crippen molar-refractivity contribution in [3.05, 3.63) is 51.9 Å². The standard InChI is InChI=1S/C20H22ClFN6O2/c1-26(14-5-3-2-4-6-14)18-19-25-28(20(30)27(19)10-9-23-18)12-17(29)24-13-7-8-16(22)15(21)11-13/h7-11,14H,2-6,12H2,1H3,(H,24,29). The molecule has 0 radical (unpaired) electrons. The van der Waals surface area contributed by atoms with Crippen LogP contribution >= 0.6 is 11.6 Å². The first-order valence-electron chi connectivity index (χ1n) is 9.86. The second kappa shape index (κ2) is 8.43. The van der Waals surface area contributed by atoms with E-state index < -0.39 is 17.4 Å². The third kappa shape index (κ3) is 4.02. The van der Waals surface area contributed by atoms with Crippen molar-refractivity contribution < 1.29 is 9.18 Å². The number of carbonyl (C=O) groups excluding carboxylic acids is 1. The Labute approximate surface area is 177 Å². The Morgan fingerprint density at radius 2 is 2.10 bits per heavy atom. The van der Waals surface area contributed by atoms with E-state index in [0.717, 1.165) is 23.6 Å².